The fourth-order valence-corrected chi connectivity index (χ4v) is 4.06. The summed E-state index contributed by atoms with van der Waals surface area (Å²) >= 11 is 0. The van der Waals surface area contributed by atoms with E-state index < -0.39 is 0 Å². The van der Waals surface area contributed by atoms with Crippen LogP contribution in [0.1, 0.15) is 23.2 Å². The SMILES string of the molecule is C1=CC(c2ccccc2)(c2ccccc2)CC2=C1C(c1cocn1)=NC2. The van der Waals surface area contributed by atoms with Crippen molar-refractivity contribution >= 4 is 5.71 Å². The normalized spacial score (nSPS) is 17.9. The monoisotopic (exact) mass is 338 g/mol. The third-order valence-electron chi connectivity index (χ3n) is 5.34. The van der Waals surface area contributed by atoms with E-state index in [0.29, 0.717) is 0 Å². The number of benzene rings is 2. The van der Waals surface area contributed by atoms with Crippen LogP contribution in [0, 0.1) is 0 Å². The average Bonchev–Trinajstić information content (AvgIpc) is 3.38. The molecule has 3 heteroatoms. The zero-order valence-electron chi connectivity index (χ0n) is 14.3. The predicted octanol–water partition coefficient (Wildman–Crippen LogP) is 4.72. The van der Waals surface area contributed by atoms with Crippen LogP contribution in [0.2, 0.25) is 0 Å². The highest BCUT2D eigenvalue weighted by molar-refractivity contribution is 6.15. The van der Waals surface area contributed by atoms with Crippen LogP contribution in [0.5, 0.6) is 0 Å². The molecular weight excluding hydrogens is 320 g/mol. The Kier molecular flexibility index (Phi) is 3.45. The molecule has 0 saturated heterocycles. The molecule has 0 N–H and O–H groups in total. The zero-order valence-corrected chi connectivity index (χ0v) is 14.3. The molecule has 0 fully saturated rings. The van der Waals surface area contributed by atoms with Gasteiger partial charge in [0.1, 0.15) is 12.0 Å². The maximum atomic E-state index is 5.15. The minimum Gasteiger partial charge on any atom is -0.451 e. The first-order valence-electron chi connectivity index (χ1n) is 8.82. The quantitative estimate of drug-likeness (QED) is 0.693. The molecular formula is C23H18N2O. The molecule has 0 bridgehead atoms. The fourth-order valence-electron chi connectivity index (χ4n) is 4.06. The predicted molar refractivity (Wildman–Crippen MR) is 102 cm³/mol. The van der Waals surface area contributed by atoms with Crippen molar-refractivity contribution < 1.29 is 4.42 Å². The van der Waals surface area contributed by atoms with Crippen molar-refractivity contribution in [1.29, 1.82) is 0 Å². The third kappa shape index (κ3) is 2.28. The molecule has 0 radical (unpaired) electrons. The summed E-state index contributed by atoms with van der Waals surface area (Å²) in [5.74, 6) is 0. The molecule has 1 aromatic heterocycles. The Morgan fingerprint density at radius 2 is 1.58 bits per heavy atom. The van der Waals surface area contributed by atoms with E-state index in [0.717, 1.165) is 24.4 Å². The molecule has 0 spiro atoms. The van der Waals surface area contributed by atoms with Gasteiger partial charge < -0.3 is 4.42 Å². The Balaban J connectivity index is 1.61. The van der Waals surface area contributed by atoms with Gasteiger partial charge in [-0.15, -0.1) is 0 Å². The molecule has 2 heterocycles. The highest BCUT2D eigenvalue weighted by Gasteiger charge is 2.37. The lowest BCUT2D eigenvalue weighted by molar-refractivity contribution is 0.557. The smallest absolute Gasteiger partial charge is 0.181 e. The van der Waals surface area contributed by atoms with Crippen LogP contribution in [0.3, 0.4) is 0 Å². The molecule has 0 unspecified atom stereocenters. The van der Waals surface area contributed by atoms with Crippen LogP contribution >= 0.6 is 0 Å². The summed E-state index contributed by atoms with van der Waals surface area (Å²) in [6.07, 6.45) is 8.61. The number of allylic oxidation sites excluding steroid dienone is 3. The molecule has 2 aromatic carbocycles. The maximum Gasteiger partial charge on any atom is 0.181 e. The fraction of sp³-hybridized carbons (Fsp3) is 0.130. The highest BCUT2D eigenvalue weighted by Crippen LogP contribution is 2.44. The molecule has 0 atom stereocenters. The number of hydrogen-bond acceptors (Lipinski definition) is 3. The van der Waals surface area contributed by atoms with Crippen LogP contribution in [0.15, 0.2) is 106 Å². The summed E-state index contributed by atoms with van der Waals surface area (Å²) in [5, 5.41) is 0. The van der Waals surface area contributed by atoms with E-state index >= 15 is 0 Å². The lowest BCUT2D eigenvalue weighted by Gasteiger charge is -2.35. The summed E-state index contributed by atoms with van der Waals surface area (Å²) in [7, 11) is 0. The van der Waals surface area contributed by atoms with Crippen molar-refractivity contribution in [2.75, 3.05) is 6.54 Å². The summed E-state index contributed by atoms with van der Waals surface area (Å²) < 4.78 is 5.15. The Hall–Kier alpha value is -3.20. The topological polar surface area (TPSA) is 38.4 Å². The van der Waals surface area contributed by atoms with Gasteiger partial charge in [0.25, 0.3) is 0 Å². The van der Waals surface area contributed by atoms with Gasteiger partial charge >= 0.3 is 0 Å². The Morgan fingerprint density at radius 1 is 0.885 bits per heavy atom. The van der Waals surface area contributed by atoms with E-state index in [1.54, 1.807) is 6.26 Å². The standard InChI is InChI=1S/C23H18N2O/c1-3-7-18(8-4-1)23(19-9-5-2-6-10-19)12-11-20-17(13-23)14-24-22(20)21-15-26-16-25-21/h1-12,15-16H,13-14H2. The van der Waals surface area contributed by atoms with Crippen LogP contribution in [0.25, 0.3) is 0 Å². The van der Waals surface area contributed by atoms with Gasteiger partial charge in [0.05, 0.1) is 12.3 Å². The van der Waals surface area contributed by atoms with Crippen LogP contribution in [-0.2, 0) is 5.41 Å². The summed E-state index contributed by atoms with van der Waals surface area (Å²) in [5.41, 5.74) is 6.77. The van der Waals surface area contributed by atoms with E-state index in [1.165, 1.54) is 28.7 Å². The van der Waals surface area contributed by atoms with Crippen LogP contribution in [-0.4, -0.2) is 17.2 Å². The Morgan fingerprint density at radius 3 is 2.19 bits per heavy atom. The lowest BCUT2D eigenvalue weighted by Crippen LogP contribution is -2.29. The van der Waals surface area contributed by atoms with Crippen LogP contribution in [0.4, 0.5) is 0 Å². The van der Waals surface area contributed by atoms with E-state index in [-0.39, 0.29) is 5.41 Å². The van der Waals surface area contributed by atoms with Crippen molar-refractivity contribution in [3.63, 3.8) is 0 Å². The molecule has 3 aromatic rings. The Labute approximate surface area is 152 Å². The van der Waals surface area contributed by atoms with E-state index in [1.807, 2.05) is 0 Å². The third-order valence-corrected chi connectivity index (χ3v) is 5.34. The van der Waals surface area contributed by atoms with Gasteiger partial charge in [0.15, 0.2) is 6.39 Å². The lowest BCUT2D eigenvalue weighted by atomic mass is 9.67. The first-order chi connectivity index (χ1) is 12.9. The van der Waals surface area contributed by atoms with Gasteiger partial charge in [-0.3, -0.25) is 4.99 Å². The molecule has 5 rings (SSSR count). The van der Waals surface area contributed by atoms with Crippen LogP contribution < -0.4 is 0 Å². The number of aliphatic imine (C=N–C) groups is 1. The zero-order chi connectivity index (χ0) is 17.4. The van der Waals surface area contributed by atoms with Crippen molar-refractivity contribution in [3.05, 3.63) is 113 Å². The van der Waals surface area contributed by atoms with Crippen molar-refractivity contribution in [1.82, 2.24) is 4.98 Å². The van der Waals surface area contributed by atoms with Crippen molar-refractivity contribution in [2.45, 2.75) is 11.8 Å². The molecule has 3 nitrogen and oxygen atoms in total. The van der Waals surface area contributed by atoms with E-state index in [4.69, 9.17) is 9.41 Å². The van der Waals surface area contributed by atoms with Gasteiger partial charge in [0, 0.05) is 11.0 Å². The van der Waals surface area contributed by atoms with Crippen molar-refractivity contribution in [3.8, 4) is 0 Å². The van der Waals surface area contributed by atoms with Gasteiger partial charge in [0.2, 0.25) is 0 Å². The number of aromatic nitrogens is 1. The number of nitrogens with zero attached hydrogens (tertiary/aromatic N) is 2. The molecule has 126 valence electrons. The van der Waals surface area contributed by atoms with Gasteiger partial charge in [-0.05, 0) is 23.1 Å². The molecule has 2 aliphatic rings. The Bertz CT molecular complexity index is 973. The first kappa shape index (κ1) is 15.1. The van der Waals surface area contributed by atoms with E-state index in [2.05, 4.69) is 77.8 Å². The molecule has 1 aliphatic carbocycles. The summed E-state index contributed by atoms with van der Waals surface area (Å²) in [6, 6.07) is 21.5. The summed E-state index contributed by atoms with van der Waals surface area (Å²) in [4.78, 5) is 9.02. The highest BCUT2D eigenvalue weighted by atomic mass is 16.3. The molecule has 26 heavy (non-hydrogen) atoms. The number of oxazole rings is 1. The molecule has 1 aliphatic heterocycles. The van der Waals surface area contributed by atoms with E-state index in [9.17, 15) is 0 Å². The first-order valence-corrected chi connectivity index (χ1v) is 8.82. The molecule has 0 saturated carbocycles. The minimum absolute atomic E-state index is 0.157. The van der Waals surface area contributed by atoms with Gasteiger partial charge in [-0.2, -0.15) is 0 Å². The van der Waals surface area contributed by atoms with Gasteiger partial charge in [-0.25, -0.2) is 4.98 Å². The van der Waals surface area contributed by atoms with Gasteiger partial charge in [-0.1, -0.05) is 72.8 Å². The second-order valence-corrected chi connectivity index (χ2v) is 6.77. The largest absolute Gasteiger partial charge is 0.451 e. The second kappa shape index (κ2) is 5.95. The number of rotatable bonds is 3. The average molecular weight is 338 g/mol. The second-order valence-electron chi connectivity index (χ2n) is 6.77. The minimum atomic E-state index is -0.157. The number of hydrogen-bond donors (Lipinski definition) is 0. The maximum absolute atomic E-state index is 5.15. The molecule has 0 amide bonds. The van der Waals surface area contributed by atoms with Crippen molar-refractivity contribution in [2.24, 2.45) is 4.99 Å². The summed E-state index contributed by atoms with van der Waals surface area (Å²) in [6.45, 7) is 0.725.